The lowest BCUT2D eigenvalue weighted by Gasteiger charge is -2.21. The number of amides is 2. The van der Waals surface area contributed by atoms with E-state index < -0.39 is 0 Å². The molecule has 0 spiro atoms. The van der Waals surface area contributed by atoms with Crippen LogP contribution in [0.3, 0.4) is 0 Å². The van der Waals surface area contributed by atoms with Gasteiger partial charge < -0.3 is 15.7 Å². The van der Waals surface area contributed by atoms with E-state index in [1.165, 1.54) is 0 Å². The van der Waals surface area contributed by atoms with Gasteiger partial charge in [-0.2, -0.15) is 0 Å². The topological polar surface area (TPSA) is 61.4 Å². The van der Waals surface area contributed by atoms with Crippen molar-refractivity contribution in [3.8, 4) is 0 Å². The molecule has 0 saturated heterocycles. The Balaban J connectivity index is 2.34. The van der Waals surface area contributed by atoms with E-state index in [1.54, 1.807) is 0 Å². The Hall–Kier alpha value is -1.07. The zero-order valence-corrected chi connectivity index (χ0v) is 13.9. The largest absolute Gasteiger partial charge is 0.396 e. The number of aryl methyl sites for hydroxylation is 1. The summed E-state index contributed by atoms with van der Waals surface area (Å²) < 4.78 is 0.993. The first-order valence-corrected chi connectivity index (χ1v) is 7.55. The maximum Gasteiger partial charge on any atom is 0.319 e. The van der Waals surface area contributed by atoms with Crippen molar-refractivity contribution in [3.63, 3.8) is 0 Å². The van der Waals surface area contributed by atoms with Crippen LogP contribution in [0.5, 0.6) is 0 Å². The van der Waals surface area contributed by atoms with E-state index in [-0.39, 0.29) is 18.1 Å². The lowest BCUT2D eigenvalue weighted by molar-refractivity contribution is 0.148. The van der Waals surface area contributed by atoms with Gasteiger partial charge in [-0.1, -0.05) is 29.8 Å². The lowest BCUT2D eigenvalue weighted by atomic mass is 9.89. The minimum atomic E-state index is -0.197. The molecule has 0 saturated carbocycles. The number of carbonyl (C=O) groups is 1. The third kappa shape index (κ3) is 5.92. The van der Waals surface area contributed by atoms with Gasteiger partial charge >= 0.3 is 6.03 Å². The van der Waals surface area contributed by atoms with Crippen molar-refractivity contribution in [2.75, 3.05) is 18.5 Å². The summed E-state index contributed by atoms with van der Waals surface area (Å²) in [6.45, 7) is 6.74. The van der Waals surface area contributed by atoms with Crippen molar-refractivity contribution in [1.29, 1.82) is 0 Å². The number of nitrogens with one attached hydrogen (secondary N) is 2. The summed E-state index contributed by atoms with van der Waals surface area (Å²) in [6, 6.07) is 5.52. The van der Waals surface area contributed by atoms with Gasteiger partial charge in [-0.25, -0.2) is 4.79 Å². The molecule has 1 aromatic rings. The average Bonchev–Trinajstić information content (AvgIpc) is 2.38. The predicted octanol–water partition coefficient (Wildman–Crippen LogP) is 3.68. The lowest BCUT2D eigenvalue weighted by Crippen LogP contribution is -2.30. The van der Waals surface area contributed by atoms with Crippen LogP contribution in [0, 0.1) is 12.3 Å². The number of rotatable bonds is 6. The first-order valence-electron chi connectivity index (χ1n) is 6.76. The molecule has 0 aliphatic rings. The van der Waals surface area contributed by atoms with Crippen LogP contribution in [0.4, 0.5) is 10.5 Å². The van der Waals surface area contributed by atoms with Crippen molar-refractivity contribution in [2.24, 2.45) is 5.41 Å². The summed E-state index contributed by atoms with van der Waals surface area (Å²) in [4.78, 5) is 11.8. The van der Waals surface area contributed by atoms with Crippen molar-refractivity contribution in [1.82, 2.24) is 5.32 Å². The highest BCUT2D eigenvalue weighted by atomic mass is 79.9. The second kappa shape index (κ2) is 7.64. The highest BCUT2D eigenvalue weighted by Crippen LogP contribution is 2.21. The van der Waals surface area contributed by atoms with Crippen LogP contribution in [0.2, 0.25) is 0 Å². The SMILES string of the molecule is Cc1cc(Br)ccc1NC(=O)NCCCC(C)(C)CO. The van der Waals surface area contributed by atoms with E-state index in [1.807, 2.05) is 39.0 Å². The number of aliphatic hydroxyl groups excluding tert-OH is 1. The van der Waals surface area contributed by atoms with Gasteiger partial charge in [0.15, 0.2) is 0 Å². The van der Waals surface area contributed by atoms with Gasteiger partial charge in [-0.3, -0.25) is 0 Å². The number of halogens is 1. The fourth-order valence-electron chi connectivity index (χ4n) is 1.78. The van der Waals surface area contributed by atoms with Crippen LogP contribution in [0.15, 0.2) is 22.7 Å². The second-order valence-electron chi connectivity index (χ2n) is 5.77. The molecule has 5 heteroatoms. The molecular weight excluding hydrogens is 320 g/mol. The summed E-state index contributed by atoms with van der Waals surface area (Å²) in [7, 11) is 0. The van der Waals surface area contributed by atoms with E-state index in [9.17, 15) is 4.79 Å². The number of aliphatic hydroxyl groups is 1. The molecule has 0 aliphatic heterocycles. The Kier molecular flexibility index (Phi) is 6.49. The molecule has 0 heterocycles. The molecule has 0 aromatic heterocycles. The fourth-order valence-corrected chi connectivity index (χ4v) is 2.26. The van der Waals surface area contributed by atoms with Crippen LogP contribution in [-0.4, -0.2) is 24.3 Å². The van der Waals surface area contributed by atoms with Gasteiger partial charge in [0, 0.05) is 23.3 Å². The monoisotopic (exact) mass is 342 g/mol. The molecule has 0 atom stereocenters. The summed E-state index contributed by atoms with van der Waals surface area (Å²) in [5.74, 6) is 0. The van der Waals surface area contributed by atoms with Gasteiger partial charge in [0.05, 0.1) is 0 Å². The number of hydrogen-bond donors (Lipinski definition) is 3. The predicted molar refractivity (Wildman–Crippen MR) is 86.0 cm³/mol. The first-order chi connectivity index (χ1) is 9.34. The Morgan fingerprint density at radius 2 is 2.10 bits per heavy atom. The normalized spacial score (nSPS) is 11.2. The van der Waals surface area contributed by atoms with Gasteiger partial charge in [0.2, 0.25) is 0 Å². The Bertz CT molecular complexity index is 461. The Labute approximate surface area is 129 Å². The van der Waals surface area contributed by atoms with Crippen molar-refractivity contribution >= 4 is 27.6 Å². The molecule has 0 bridgehead atoms. The van der Waals surface area contributed by atoms with Crippen LogP contribution in [-0.2, 0) is 0 Å². The molecule has 1 rings (SSSR count). The number of hydrogen-bond acceptors (Lipinski definition) is 2. The quantitative estimate of drug-likeness (QED) is 0.690. The van der Waals surface area contributed by atoms with Crippen molar-refractivity contribution in [3.05, 3.63) is 28.2 Å². The molecule has 0 radical (unpaired) electrons. The van der Waals surface area contributed by atoms with Gasteiger partial charge in [-0.05, 0) is 48.9 Å². The number of urea groups is 1. The molecule has 0 fully saturated rings. The number of carbonyl (C=O) groups excluding carboxylic acids is 1. The maximum absolute atomic E-state index is 11.8. The first kappa shape index (κ1) is 17.0. The summed E-state index contributed by atoms with van der Waals surface area (Å²) >= 11 is 3.39. The molecule has 3 N–H and O–H groups in total. The molecule has 0 aliphatic carbocycles. The van der Waals surface area contributed by atoms with Crippen LogP contribution in [0.1, 0.15) is 32.3 Å². The minimum Gasteiger partial charge on any atom is -0.396 e. The summed E-state index contributed by atoms with van der Waals surface area (Å²) in [5, 5.41) is 14.8. The minimum absolute atomic E-state index is 0.0829. The number of anilines is 1. The molecule has 1 aromatic carbocycles. The van der Waals surface area contributed by atoms with Crippen LogP contribution < -0.4 is 10.6 Å². The third-order valence-corrected chi connectivity index (χ3v) is 3.67. The van der Waals surface area contributed by atoms with Crippen molar-refractivity contribution in [2.45, 2.75) is 33.6 Å². The fraction of sp³-hybridized carbons (Fsp3) is 0.533. The maximum atomic E-state index is 11.8. The van der Waals surface area contributed by atoms with Crippen molar-refractivity contribution < 1.29 is 9.90 Å². The molecule has 2 amide bonds. The van der Waals surface area contributed by atoms with Gasteiger partial charge in [0.25, 0.3) is 0 Å². The van der Waals surface area contributed by atoms with E-state index >= 15 is 0 Å². The average molecular weight is 343 g/mol. The molecule has 20 heavy (non-hydrogen) atoms. The summed E-state index contributed by atoms with van der Waals surface area (Å²) in [5.41, 5.74) is 1.73. The highest BCUT2D eigenvalue weighted by Gasteiger charge is 2.15. The Morgan fingerprint density at radius 1 is 1.40 bits per heavy atom. The van der Waals surface area contributed by atoms with E-state index in [2.05, 4.69) is 26.6 Å². The van der Waals surface area contributed by atoms with Gasteiger partial charge in [-0.15, -0.1) is 0 Å². The van der Waals surface area contributed by atoms with Gasteiger partial charge in [0.1, 0.15) is 0 Å². The molecule has 4 nitrogen and oxygen atoms in total. The zero-order chi connectivity index (χ0) is 15.2. The molecular formula is C15H23BrN2O2. The standard InChI is InChI=1S/C15H23BrN2O2/c1-11-9-12(16)5-6-13(11)18-14(20)17-8-4-7-15(2,3)10-19/h5-6,9,19H,4,7-8,10H2,1-3H3,(H2,17,18,20). The number of benzene rings is 1. The molecule has 112 valence electrons. The van der Waals surface area contributed by atoms with Crippen LogP contribution >= 0.6 is 15.9 Å². The molecule has 0 unspecified atom stereocenters. The smallest absolute Gasteiger partial charge is 0.319 e. The highest BCUT2D eigenvalue weighted by molar-refractivity contribution is 9.10. The van der Waals surface area contributed by atoms with E-state index in [0.29, 0.717) is 6.54 Å². The summed E-state index contributed by atoms with van der Waals surface area (Å²) in [6.07, 6.45) is 1.72. The van der Waals surface area contributed by atoms with E-state index in [0.717, 1.165) is 28.6 Å². The zero-order valence-electron chi connectivity index (χ0n) is 12.3. The Morgan fingerprint density at radius 3 is 2.70 bits per heavy atom. The third-order valence-electron chi connectivity index (χ3n) is 3.18. The van der Waals surface area contributed by atoms with E-state index in [4.69, 9.17) is 5.11 Å². The second-order valence-corrected chi connectivity index (χ2v) is 6.68. The van der Waals surface area contributed by atoms with Crippen LogP contribution in [0.25, 0.3) is 0 Å².